The Hall–Kier alpha value is -3.02. The lowest BCUT2D eigenvalue weighted by Crippen LogP contribution is -2.01. The molecule has 0 N–H and O–H groups in total. The van der Waals surface area contributed by atoms with E-state index in [0.717, 1.165) is 16.9 Å². The lowest BCUT2D eigenvalue weighted by molar-refractivity contribution is 0.585. The average molecular weight is 307 g/mol. The molecule has 3 aromatic heterocycles. The van der Waals surface area contributed by atoms with E-state index in [4.69, 9.17) is 0 Å². The van der Waals surface area contributed by atoms with Gasteiger partial charge in [-0.25, -0.2) is 14.4 Å². The van der Waals surface area contributed by atoms with Crippen molar-refractivity contribution in [1.82, 2.24) is 24.3 Å². The fraction of sp³-hybridized carbons (Fsp3) is 0.118. The van der Waals surface area contributed by atoms with Gasteiger partial charge < -0.3 is 4.57 Å². The summed E-state index contributed by atoms with van der Waals surface area (Å²) in [6.07, 6.45) is 5.33. The summed E-state index contributed by atoms with van der Waals surface area (Å²) in [4.78, 5) is 8.81. The lowest BCUT2D eigenvalue weighted by Gasteiger charge is -2.03. The molecule has 23 heavy (non-hydrogen) atoms. The Balaban J connectivity index is 1.70. The first-order valence-corrected chi connectivity index (χ1v) is 7.26. The van der Waals surface area contributed by atoms with Gasteiger partial charge in [-0.1, -0.05) is 18.2 Å². The molecule has 0 atom stereocenters. The standard InChI is InChI=1S/C17H14FN5/c1-22-15-7-4-8-19-16(15)21-17(22)13-9-20-23(11-13)10-12-5-2-3-6-14(12)18/h2-9,11H,10H2,1H3. The maximum Gasteiger partial charge on any atom is 0.178 e. The van der Waals surface area contributed by atoms with Crippen LogP contribution in [0.1, 0.15) is 5.56 Å². The molecule has 0 spiro atoms. The Morgan fingerprint density at radius 2 is 2.00 bits per heavy atom. The van der Waals surface area contributed by atoms with Gasteiger partial charge >= 0.3 is 0 Å². The summed E-state index contributed by atoms with van der Waals surface area (Å²) >= 11 is 0. The normalized spacial score (nSPS) is 11.2. The zero-order chi connectivity index (χ0) is 15.8. The fourth-order valence-electron chi connectivity index (χ4n) is 2.65. The Bertz CT molecular complexity index is 985. The summed E-state index contributed by atoms with van der Waals surface area (Å²) in [5.74, 6) is 0.565. The molecular weight excluding hydrogens is 293 g/mol. The summed E-state index contributed by atoms with van der Waals surface area (Å²) in [6, 6.07) is 10.6. The molecule has 1 aromatic carbocycles. The van der Waals surface area contributed by atoms with Crippen molar-refractivity contribution in [3.05, 3.63) is 66.4 Å². The average Bonchev–Trinajstić information content (AvgIpc) is 3.15. The lowest BCUT2D eigenvalue weighted by atomic mass is 10.2. The largest absolute Gasteiger partial charge is 0.326 e. The van der Waals surface area contributed by atoms with E-state index in [2.05, 4.69) is 15.1 Å². The van der Waals surface area contributed by atoms with E-state index < -0.39 is 0 Å². The number of benzene rings is 1. The van der Waals surface area contributed by atoms with Crippen molar-refractivity contribution >= 4 is 11.2 Å². The van der Waals surface area contributed by atoms with Crippen molar-refractivity contribution in [1.29, 1.82) is 0 Å². The molecule has 3 heterocycles. The highest BCUT2D eigenvalue weighted by atomic mass is 19.1. The number of rotatable bonds is 3. The zero-order valence-corrected chi connectivity index (χ0v) is 12.5. The number of aromatic nitrogens is 5. The molecule has 114 valence electrons. The number of hydrogen-bond acceptors (Lipinski definition) is 3. The van der Waals surface area contributed by atoms with Crippen LogP contribution in [0.3, 0.4) is 0 Å². The van der Waals surface area contributed by atoms with Gasteiger partial charge in [0, 0.05) is 25.0 Å². The number of pyridine rings is 1. The van der Waals surface area contributed by atoms with E-state index in [1.54, 1.807) is 29.2 Å². The van der Waals surface area contributed by atoms with Crippen LogP contribution in [-0.2, 0) is 13.6 Å². The van der Waals surface area contributed by atoms with Gasteiger partial charge in [0.1, 0.15) is 11.6 Å². The topological polar surface area (TPSA) is 48.5 Å². The minimum Gasteiger partial charge on any atom is -0.326 e. The van der Waals surface area contributed by atoms with Crippen LogP contribution >= 0.6 is 0 Å². The fourth-order valence-corrected chi connectivity index (χ4v) is 2.65. The van der Waals surface area contributed by atoms with E-state index in [9.17, 15) is 4.39 Å². The smallest absolute Gasteiger partial charge is 0.178 e. The molecule has 0 aliphatic carbocycles. The first-order valence-electron chi connectivity index (χ1n) is 7.26. The van der Waals surface area contributed by atoms with Gasteiger partial charge in [-0.15, -0.1) is 0 Å². The number of hydrogen-bond donors (Lipinski definition) is 0. The molecule has 0 saturated carbocycles. The van der Waals surface area contributed by atoms with Crippen LogP contribution in [0.2, 0.25) is 0 Å². The zero-order valence-electron chi connectivity index (χ0n) is 12.5. The van der Waals surface area contributed by atoms with E-state index in [-0.39, 0.29) is 5.82 Å². The van der Waals surface area contributed by atoms with Gasteiger partial charge in [-0.05, 0) is 18.2 Å². The third-order valence-electron chi connectivity index (χ3n) is 3.84. The highest BCUT2D eigenvalue weighted by molar-refractivity contribution is 5.76. The van der Waals surface area contributed by atoms with Gasteiger partial charge in [0.2, 0.25) is 0 Å². The molecule has 0 aliphatic rings. The summed E-state index contributed by atoms with van der Waals surface area (Å²) in [6.45, 7) is 0.384. The molecule has 0 saturated heterocycles. The Morgan fingerprint density at radius 1 is 1.13 bits per heavy atom. The van der Waals surface area contributed by atoms with Crippen molar-refractivity contribution in [3.63, 3.8) is 0 Å². The number of halogens is 1. The maximum absolute atomic E-state index is 13.7. The van der Waals surface area contributed by atoms with Crippen molar-refractivity contribution in [2.24, 2.45) is 7.05 Å². The highest BCUT2D eigenvalue weighted by Crippen LogP contribution is 2.22. The van der Waals surface area contributed by atoms with E-state index in [1.807, 2.05) is 36.0 Å². The summed E-state index contributed by atoms with van der Waals surface area (Å²) < 4.78 is 17.4. The second kappa shape index (κ2) is 5.31. The van der Waals surface area contributed by atoms with Crippen molar-refractivity contribution in [2.45, 2.75) is 6.54 Å². The molecule has 5 nitrogen and oxygen atoms in total. The van der Waals surface area contributed by atoms with E-state index >= 15 is 0 Å². The third kappa shape index (κ3) is 2.38. The molecule has 4 aromatic rings. The molecule has 0 bridgehead atoms. The molecule has 0 radical (unpaired) electrons. The van der Waals surface area contributed by atoms with Gasteiger partial charge in [0.15, 0.2) is 5.65 Å². The van der Waals surface area contributed by atoms with E-state index in [0.29, 0.717) is 17.8 Å². The predicted octanol–water partition coefficient (Wildman–Crippen LogP) is 3.02. The first-order chi connectivity index (χ1) is 11.2. The van der Waals surface area contributed by atoms with Crippen LogP contribution in [0.4, 0.5) is 4.39 Å². The van der Waals surface area contributed by atoms with Crippen LogP contribution in [0, 0.1) is 5.82 Å². The monoisotopic (exact) mass is 307 g/mol. The van der Waals surface area contributed by atoms with Gasteiger partial charge in [-0.2, -0.15) is 5.10 Å². The van der Waals surface area contributed by atoms with Gasteiger partial charge in [-0.3, -0.25) is 4.68 Å². The van der Waals surface area contributed by atoms with E-state index in [1.165, 1.54) is 6.07 Å². The molecule has 0 fully saturated rings. The van der Waals surface area contributed by atoms with Gasteiger partial charge in [0.05, 0.1) is 23.8 Å². The predicted molar refractivity (Wildman–Crippen MR) is 85.2 cm³/mol. The molecular formula is C17H14FN5. The second-order valence-corrected chi connectivity index (χ2v) is 5.36. The number of aryl methyl sites for hydroxylation is 1. The Morgan fingerprint density at radius 3 is 2.83 bits per heavy atom. The number of imidazole rings is 1. The van der Waals surface area contributed by atoms with Crippen LogP contribution in [0.5, 0.6) is 0 Å². The minimum absolute atomic E-state index is 0.225. The van der Waals surface area contributed by atoms with Crippen LogP contribution in [-0.4, -0.2) is 24.3 Å². The summed E-state index contributed by atoms with van der Waals surface area (Å²) in [5.41, 5.74) is 3.15. The third-order valence-corrected chi connectivity index (χ3v) is 3.84. The molecule has 0 unspecified atom stereocenters. The second-order valence-electron chi connectivity index (χ2n) is 5.36. The van der Waals surface area contributed by atoms with Crippen molar-refractivity contribution in [2.75, 3.05) is 0 Å². The Kier molecular flexibility index (Phi) is 3.15. The summed E-state index contributed by atoms with van der Waals surface area (Å²) in [5, 5.41) is 4.32. The minimum atomic E-state index is -0.225. The quantitative estimate of drug-likeness (QED) is 0.584. The van der Waals surface area contributed by atoms with Crippen LogP contribution < -0.4 is 0 Å². The van der Waals surface area contributed by atoms with Crippen LogP contribution in [0.25, 0.3) is 22.6 Å². The molecule has 6 heteroatoms. The maximum atomic E-state index is 13.7. The SMILES string of the molecule is Cn1c(-c2cnn(Cc3ccccc3F)c2)nc2ncccc21. The molecule has 0 aliphatic heterocycles. The number of nitrogens with zero attached hydrogens (tertiary/aromatic N) is 5. The van der Waals surface area contributed by atoms with Crippen LogP contribution in [0.15, 0.2) is 55.0 Å². The molecule has 4 rings (SSSR count). The molecule has 0 amide bonds. The summed E-state index contributed by atoms with van der Waals surface area (Å²) in [7, 11) is 1.94. The van der Waals surface area contributed by atoms with Gasteiger partial charge in [0.25, 0.3) is 0 Å². The van der Waals surface area contributed by atoms with Crippen molar-refractivity contribution in [3.8, 4) is 11.4 Å². The number of fused-ring (bicyclic) bond motifs is 1. The highest BCUT2D eigenvalue weighted by Gasteiger charge is 2.12. The first kappa shape index (κ1) is 13.6. The van der Waals surface area contributed by atoms with Crippen molar-refractivity contribution < 1.29 is 4.39 Å². The Labute approximate surface area is 132 Å².